The van der Waals surface area contributed by atoms with E-state index in [9.17, 15) is 9.59 Å². The number of hydrogen-bond donors (Lipinski definition) is 1. The first-order valence-electron chi connectivity index (χ1n) is 11.2. The molecule has 0 bridgehead atoms. The maximum atomic E-state index is 13.3. The second-order valence-electron chi connectivity index (χ2n) is 8.26. The summed E-state index contributed by atoms with van der Waals surface area (Å²) < 4.78 is 16.3. The number of halogens is 2. The molecule has 2 aromatic carbocycles. The predicted molar refractivity (Wildman–Crippen MR) is 132 cm³/mol. The van der Waals surface area contributed by atoms with Crippen LogP contribution < -0.4 is 19.5 Å². The van der Waals surface area contributed by atoms with E-state index in [-0.39, 0.29) is 31.0 Å². The van der Waals surface area contributed by atoms with Gasteiger partial charge < -0.3 is 24.4 Å². The van der Waals surface area contributed by atoms with Crippen molar-refractivity contribution < 1.29 is 23.8 Å². The Morgan fingerprint density at radius 2 is 1.65 bits per heavy atom. The molecule has 0 spiro atoms. The fraction of sp³-hybridized carbons (Fsp3) is 0.440. The smallest absolute Gasteiger partial charge is 0.261 e. The van der Waals surface area contributed by atoms with Crippen molar-refractivity contribution in [3.63, 3.8) is 0 Å². The molecule has 0 heterocycles. The lowest BCUT2D eigenvalue weighted by molar-refractivity contribution is -0.142. The summed E-state index contributed by atoms with van der Waals surface area (Å²) in [5.74, 6) is 0.930. The quantitative estimate of drug-likeness (QED) is 0.495. The largest absolute Gasteiger partial charge is 0.496 e. The average molecular weight is 509 g/mol. The van der Waals surface area contributed by atoms with Crippen molar-refractivity contribution in [3.8, 4) is 17.2 Å². The Balaban J connectivity index is 1.77. The third kappa shape index (κ3) is 6.93. The number of methoxy groups -OCH3 is 2. The number of rotatable bonds is 10. The van der Waals surface area contributed by atoms with Gasteiger partial charge in [0.15, 0.2) is 6.61 Å². The monoisotopic (exact) mass is 508 g/mol. The van der Waals surface area contributed by atoms with Gasteiger partial charge in [-0.1, -0.05) is 42.1 Å². The summed E-state index contributed by atoms with van der Waals surface area (Å²) in [6.45, 7) is 1.57. The van der Waals surface area contributed by atoms with Crippen LogP contribution in [0.3, 0.4) is 0 Å². The lowest BCUT2D eigenvalue weighted by atomic mass is 10.1. The van der Waals surface area contributed by atoms with E-state index in [0.717, 1.165) is 25.7 Å². The predicted octanol–water partition coefficient (Wildman–Crippen LogP) is 4.87. The first-order valence-corrected chi connectivity index (χ1v) is 12.0. The number of ether oxygens (including phenoxy) is 3. The molecule has 1 atom stereocenters. The number of hydrogen-bond acceptors (Lipinski definition) is 5. The third-order valence-electron chi connectivity index (χ3n) is 5.91. The maximum absolute atomic E-state index is 13.3. The fourth-order valence-electron chi connectivity index (χ4n) is 3.90. The second kappa shape index (κ2) is 12.2. The molecule has 1 N–H and O–H groups in total. The van der Waals surface area contributed by atoms with Crippen molar-refractivity contribution in [3.05, 3.63) is 52.0 Å². The number of nitrogens with one attached hydrogen (secondary N) is 1. The minimum Gasteiger partial charge on any atom is -0.496 e. The van der Waals surface area contributed by atoms with Crippen molar-refractivity contribution in [1.29, 1.82) is 0 Å². The Labute approximate surface area is 210 Å². The number of carbonyl (C=O) groups is 2. The summed E-state index contributed by atoms with van der Waals surface area (Å²) in [7, 11) is 3.07. The average Bonchev–Trinajstić information content (AvgIpc) is 3.34. The van der Waals surface area contributed by atoms with Crippen LogP contribution in [0.4, 0.5) is 0 Å². The molecule has 0 saturated heterocycles. The molecule has 1 aliphatic rings. The van der Waals surface area contributed by atoms with Gasteiger partial charge in [0.1, 0.15) is 23.3 Å². The molecule has 2 aromatic rings. The Bertz CT molecular complexity index is 989. The van der Waals surface area contributed by atoms with Gasteiger partial charge in [-0.25, -0.2) is 0 Å². The first-order chi connectivity index (χ1) is 16.3. The molecule has 1 saturated carbocycles. The SMILES string of the molecule is COc1cc(OC)cc(OCC(=O)N(Cc2ccc(Cl)cc2Cl)[C@@H](C)C(=O)NC2CCCC2)c1. The molecule has 0 radical (unpaired) electrons. The molecule has 2 amide bonds. The first kappa shape index (κ1) is 26.0. The van der Waals surface area contributed by atoms with E-state index in [2.05, 4.69) is 5.32 Å². The number of carbonyl (C=O) groups excluding carboxylic acids is 2. The summed E-state index contributed by atoms with van der Waals surface area (Å²) >= 11 is 12.4. The maximum Gasteiger partial charge on any atom is 0.261 e. The molecule has 184 valence electrons. The summed E-state index contributed by atoms with van der Waals surface area (Å²) in [6, 6.07) is 9.52. The summed E-state index contributed by atoms with van der Waals surface area (Å²) in [5.41, 5.74) is 0.683. The van der Waals surface area contributed by atoms with E-state index in [4.69, 9.17) is 37.4 Å². The molecule has 1 aliphatic carbocycles. The Hall–Kier alpha value is -2.64. The van der Waals surface area contributed by atoms with Crippen LogP contribution in [0.2, 0.25) is 10.0 Å². The van der Waals surface area contributed by atoms with Crippen molar-refractivity contribution in [1.82, 2.24) is 10.2 Å². The van der Waals surface area contributed by atoms with Crippen molar-refractivity contribution in [2.75, 3.05) is 20.8 Å². The van der Waals surface area contributed by atoms with Crippen molar-refractivity contribution >= 4 is 35.0 Å². The molecule has 0 aliphatic heterocycles. The lowest BCUT2D eigenvalue weighted by Crippen LogP contribution is -2.50. The number of benzene rings is 2. The Kier molecular flexibility index (Phi) is 9.30. The van der Waals surface area contributed by atoms with Gasteiger partial charge in [-0.3, -0.25) is 9.59 Å². The van der Waals surface area contributed by atoms with E-state index in [1.807, 2.05) is 0 Å². The number of amides is 2. The van der Waals surface area contributed by atoms with E-state index in [1.165, 1.54) is 19.1 Å². The third-order valence-corrected chi connectivity index (χ3v) is 6.50. The zero-order valence-corrected chi connectivity index (χ0v) is 21.1. The van der Waals surface area contributed by atoms with E-state index < -0.39 is 6.04 Å². The molecular formula is C25H30Cl2N2O5. The van der Waals surface area contributed by atoms with Crippen LogP contribution in [-0.2, 0) is 16.1 Å². The molecule has 34 heavy (non-hydrogen) atoms. The second-order valence-corrected chi connectivity index (χ2v) is 9.10. The van der Waals surface area contributed by atoms with E-state index in [0.29, 0.717) is 32.9 Å². The van der Waals surface area contributed by atoms with Crippen LogP contribution in [0.5, 0.6) is 17.2 Å². The molecule has 0 unspecified atom stereocenters. The summed E-state index contributed by atoms with van der Waals surface area (Å²) in [5, 5.41) is 3.98. The highest BCUT2D eigenvalue weighted by molar-refractivity contribution is 6.35. The van der Waals surface area contributed by atoms with Crippen LogP contribution in [-0.4, -0.2) is 49.6 Å². The Morgan fingerprint density at radius 3 is 2.24 bits per heavy atom. The van der Waals surface area contributed by atoms with Crippen molar-refractivity contribution in [2.45, 2.75) is 51.2 Å². The molecule has 3 rings (SSSR count). The van der Waals surface area contributed by atoms with Gasteiger partial charge in [0, 0.05) is 40.8 Å². The topological polar surface area (TPSA) is 77.1 Å². The van der Waals surface area contributed by atoms with Crippen molar-refractivity contribution in [2.24, 2.45) is 0 Å². The van der Waals surface area contributed by atoms with Gasteiger partial charge in [-0.2, -0.15) is 0 Å². The van der Waals surface area contributed by atoms with Crippen LogP contribution in [0.1, 0.15) is 38.2 Å². The molecular weight excluding hydrogens is 479 g/mol. The molecule has 7 nitrogen and oxygen atoms in total. The van der Waals surface area contributed by atoms with Gasteiger partial charge >= 0.3 is 0 Å². The fourth-order valence-corrected chi connectivity index (χ4v) is 4.37. The van der Waals surface area contributed by atoms with Gasteiger partial charge in [0.05, 0.1) is 14.2 Å². The summed E-state index contributed by atoms with van der Waals surface area (Å²) in [6.07, 6.45) is 4.10. The highest BCUT2D eigenvalue weighted by atomic mass is 35.5. The highest BCUT2D eigenvalue weighted by Gasteiger charge is 2.29. The summed E-state index contributed by atoms with van der Waals surface area (Å²) in [4.78, 5) is 27.7. The normalized spacial score (nSPS) is 14.4. The van der Waals surface area contributed by atoms with Gasteiger partial charge in [-0.15, -0.1) is 0 Å². The van der Waals surface area contributed by atoms with Gasteiger partial charge in [-0.05, 0) is 37.5 Å². The van der Waals surface area contributed by atoms with Crippen LogP contribution >= 0.6 is 23.2 Å². The number of nitrogens with zero attached hydrogens (tertiary/aromatic N) is 1. The van der Waals surface area contributed by atoms with Crippen LogP contribution in [0.25, 0.3) is 0 Å². The van der Waals surface area contributed by atoms with Gasteiger partial charge in [0.2, 0.25) is 5.91 Å². The standard InChI is InChI=1S/C25H30Cl2N2O5/c1-16(25(31)28-19-6-4-5-7-19)29(14-17-8-9-18(26)10-23(17)27)24(30)15-34-22-12-20(32-2)11-21(13-22)33-3/h8-13,16,19H,4-7,14-15H2,1-3H3,(H,28,31)/t16-/m0/s1. The molecule has 1 fully saturated rings. The lowest BCUT2D eigenvalue weighted by Gasteiger charge is -2.30. The van der Waals surface area contributed by atoms with E-state index >= 15 is 0 Å². The van der Waals surface area contributed by atoms with Crippen LogP contribution in [0.15, 0.2) is 36.4 Å². The van der Waals surface area contributed by atoms with Crippen LogP contribution in [0, 0.1) is 0 Å². The molecule has 9 heteroatoms. The molecule has 0 aromatic heterocycles. The minimum absolute atomic E-state index is 0.138. The zero-order valence-electron chi connectivity index (χ0n) is 19.6. The van der Waals surface area contributed by atoms with E-state index in [1.54, 1.807) is 43.3 Å². The zero-order chi connectivity index (χ0) is 24.7. The van der Waals surface area contributed by atoms with Gasteiger partial charge in [0.25, 0.3) is 5.91 Å². The highest BCUT2D eigenvalue weighted by Crippen LogP contribution is 2.28. The minimum atomic E-state index is -0.719. The Morgan fingerprint density at radius 1 is 1.03 bits per heavy atom.